The van der Waals surface area contributed by atoms with Crippen molar-refractivity contribution in [3.63, 3.8) is 0 Å². The summed E-state index contributed by atoms with van der Waals surface area (Å²) in [6.45, 7) is 0. The number of amides is 1. The van der Waals surface area contributed by atoms with Crippen molar-refractivity contribution in [1.29, 1.82) is 0 Å². The summed E-state index contributed by atoms with van der Waals surface area (Å²) in [5.41, 5.74) is 0.460. The summed E-state index contributed by atoms with van der Waals surface area (Å²) < 4.78 is 1.77. The molecule has 15 heavy (non-hydrogen) atoms. The molecular formula is C10H15N3O2. The molecule has 0 aliphatic heterocycles. The van der Waals surface area contributed by atoms with E-state index >= 15 is 0 Å². The standard InChI is InChI=1S/C10H15N3O2/c1-12(2)10(15)9-3-4-13(11-9)7-5-8(14)6-7/h3-4,7-8,14H,5-6H2,1-2H3. The Hall–Kier alpha value is -1.36. The number of aliphatic hydroxyl groups excluding tert-OH is 1. The van der Waals surface area contributed by atoms with Gasteiger partial charge in [-0.3, -0.25) is 9.48 Å². The second-order valence-corrected chi connectivity index (χ2v) is 4.16. The van der Waals surface area contributed by atoms with Crippen LogP contribution in [-0.2, 0) is 0 Å². The molecule has 1 aliphatic carbocycles. The molecule has 82 valence electrons. The molecule has 5 nitrogen and oxygen atoms in total. The van der Waals surface area contributed by atoms with E-state index in [1.54, 1.807) is 31.0 Å². The van der Waals surface area contributed by atoms with E-state index in [4.69, 9.17) is 5.11 Å². The van der Waals surface area contributed by atoms with Crippen molar-refractivity contribution in [2.45, 2.75) is 25.0 Å². The Labute approximate surface area is 88.3 Å². The van der Waals surface area contributed by atoms with Crippen LogP contribution < -0.4 is 0 Å². The summed E-state index contributed by atoms with van der Waals surface area (Å²) in [7, 11) is 3.41. The van der Waals surface area contributed by atoms with E-state index < -0.39 is 0 Å². The summed E-state index contributed by atoms with van der Waals surface area (Å²) >= 11 is 0. The topological polar surface area (TPSA) is 58.4 Å². The van der Waals surface area contributed by atoms with Crippen molar-refractivity contribution in [2.75, 3.05) is 14.1 Å². The van der Waals surface area contributed by atoms with E-state index in [1.807, 2.05) is 0 Å². The highest BCUT2D eigenvalue weighted by Gasteiger charge is 2.29. The van der Waals surface area contributed by atoms with Crippen molar-refractivity contribution < 1.29 is 9.90 Å². The first-order chi connectivity index (χ1) is 7.08. The van der Waals surface area contributed by atoms with Gasteiger partial charge in [-0.05, 0) is 18.9 Å². The van der Waals surface area contributed by atoms with Gasteiger partial charge < -0.3 is 10.0 Å². The number of hydrogen-bond acceptors (Lipinski definition) is 3. The van der Waals surface area contributed by atoms with Gasteiger partial charge in [-0.15, -0.1) is 0 Å². The Morgan fingerprint density at radius 2 is 2.27 bits per heavy atom. The van der Waals surface area contributed by atoms with E-state index in [0.717, 1.165) is 12.8 Å². The zero-order chi connectivity index (χ0) is 11.0. The number of aliphatic hydroxyl groups is 1. The van der Waals surface area contributed by atoms with Gasteiger partial charge in [-0.2, -0.15) is 5.10 Å². The molecule has 0 unspecified atom stereocenters. The number of hydrogen-bond donors (Lipinski definition) is 1. The van der Waals surface area contributed by atoms with Crippen molar-refractivity contribution >= 4 is 5.91 Å². The zero-order valence-corrected chi connectivity index (χ0v) is 8.92. The first-order valence-electron chi connectivity index (χ1n) is 5.03. The predicted molar refractivity (Wildman–Crippen MR) is 54.5 cm³/mol. The summed E-state index contributed by atoms with van der Waals surface area (Å²) in [5, 5.41) is 13.4. The van der Waals surface area contributed by atoms with E-state index in [-0.39, 0.29) is 18.1 Å². The van der Waals surface area contributed by atoms with Gasteiger partial charge in [0.1, 0.15) is 5.69 Å². The van der Waals surface area contributed by atoms with Crippen LogP contribution in [-0.4, -0.2) is 45.9 Å². The average molecular weight is 209 g/mol. The SMILES string of the molecule is CN(C)C(=O)c1ccn(C2CC(O)C2)n1. The van der Waals surface area contributed by atoms with E-state index in [2.05, 4.69) is 5.10 Å². The van der Waals surface area contributed by atoms with Crippen LogP contribution in [0.5, 0.6) is 0 Å². The molecule has 1 N–H and O–H groups in total. The molecule has 0 radical (unpaired) electrons. The Morgan fingerprint density at radius 1 is 1.60 bits per heavy atom. The lowest BCUT2D eigenvalue weighted by Gasteiger charge is -2.31. The van der Waals surface area contributed by atoms with Crippen LogP contribution in [0.3, 0.4) is 0 Å². The molecule has 1 aromatic rings. The van der Waals surface area contributed by atoms with Crippen molar-refractivity contribution in [3.05, 3.63) is 18.0 Å². The Balaban J connectivity index is 2.07. The molecule has 1 fully saturated rings. The molecule has 1 saturated carbocycles. The van der Waals surface area contributed by atoms with Gasteiger partial charge >= 0.3 is 0 Å². The highest BCUT2D eigenvalue weighted by molar-refractivity contribution is 5.91. The minimum absolute atomic E-state index is 0.0892. The van der Waals surface area contributed by atoms with E-state index in [9.17, 15) is 4.79 Å². The van der Waals surface area contributed by atoms with Gasteiger partial charge in [-0.25, -0.2) is 0 Å². The third-order valence-corrected chi connectivity index (χ3v) is 2.70. The molecule has 5 heteroatoms. The smallest absolute Gasteiger partial charge is 0.273 e. The van der Waals surface area contributed by atoms with Crippen molar-refractivity contribution in [1.82, 2.24) is 14.7 Å². The second kappa shape index (κ2) is 3.66. The van der Waals surface area contributed by atoms with Crippen LogP contribution in [0.2, 0.25) is 0 Å². The van der Waals surface area contributed by atoms with Gasteiger partial charge in [0.05, 0.1) is 12.1 Å². The summed E-state index contributed by atoms with van der Waals surface area (Å²) in [5.74, 6) is -0.0892. The fourth-order valence-electron chi connectivity index (χ4n) is 1.66. The van der Waals surface area contributed by atoms with Crippen LogP contribution in [0.4, 0.5) is 0 Å². The fraction of sp³-hybridized carbons (Fsp3) is 0.600. The molecule has 1 aliphatic rings. The Kier molecular flexibility index (Phi) is 2.48. The molecule has 0 saturated heterocycles. The average Bonchev–Trinajstić information content (AvgIpc) is 2.60. The third kappa shape index (κ3) is 1.87. The number of rotatable bonds is 2. The highest BCUT2D eigenvalue weighted by atomic mass is 16.3. The summed E-state index contributed by atoms with van der Waals surface area (Å²) in [6.07, 6.45) is 3.06. The number of carbonyl (C=O) groups is 1. The normalized spacial score (nSPS) is 24.7. The van der Waals surface area contributed by atoms with Gasteiger partial charge in [0.25, 0.3) is 5.91 Å². The van der Waals surface area contributed by atoms with E-state index in [1.165, 1.54) is 4.90 Å². The zero-order valence-electron chi connectivity index (χ0n) is 8.92. The van der Waals surface area contributed by atoms with Crippen LogP contribution >= 0.6 is 0 Å². The highest BCUT2D eigenvalue weighted by Crippen LogP contribution is 2.31. The minimum atomic E-state index is -0.202. The first-order valence-corrected chi connectivity index (χ1v) is 5.03. The van der Waals surface area contributed by atoms with Gasteiger partial charge in [0.15, 0.2) is 0 Å². The molecule has 1 heterocycles. The summed E-state index contributed by atoms with van der Waals surface area (Å²) in [4.78, 5) is 13.1. The quantitative estimate of drug-likeness (QED) is 0.761. The van der Waals surface area contributed by atoms with Crippen LogP contribution in [0.1, 0.15) is 29.4 Å². The van der Waals surface area contributed by atoms with Gasteiger partial charge in [0.2, 0.25) is 0 Å². The molecule has 1 amide bonds. The molecule has 0 aromatic carbocycles. The first kappa shape index (κ1) is 10.2. The second-order valence-electron chi connectivity index (χ2n) is 4.16. The summed E-state index contributed by atoms with van der Waals surface area (Å²) in [6, 6.07) is 1.97. The van der Waals surface area contributed by atoms with Crippen molar-refractivity contribution in [2.24, 2.45) is 0 Å². The number of aromatic nitrogens is 2. The van der Waals surface area contributed by atoms with E-state index in [0.29, 0.717) is 5.69 Å². The lowest BCUT2D eigenvalue weighted by molar-refractivity contribution is 0.0431. The minimum Gasteiger partial charge on any atom is -0.393 e. The number of carbonyl (C=O) groups excluding carboxylic acids is 1. The van der Waals surface area contributed by atoms with Gasteiger partial charge in [0, 0.05) is 20.3 Å². The molecule has 0 atom stereocenters. The van der Waals surface area contributed by atoms with Crippen LogP contribution in [0.15, 0.2) is 12.3 Å². The Morgan fingerprint density at radius 3 is 2.80 bits per heavy atom. The maximum absolute atomic E-state index is 11.6. The van der Waals surface area contributed by atoms with Gasteiger partial charge in [-0.1, -0.05) is 0 Å². The lowest BCUT2D eigenvalue weighted by Crippen LogP contribution is -2.31. The number of nitrogens with zero attached hydrogens (tertiary/aromatic N) is 3. The molecule has 1 aromatic heterocycles. The lowest BCUT2D eigenvalue weighted by atomic mass is 9.90. The maximum Gasteiger partial charge on any atom is 0.273 e. The maximum atomic E-state index is 11.6. The molecule has 0 bridgehead atoms. The molecule has 0 spiro atoms. The van der Waals surface area contributed by atoms with Crippen LogP contribution in [0.25, 0.3) is 0 Å². The third-order valence-electron chi connectivity index (χ3n) is 2.70. The molecular weight excluding hydrogens is 194 g/mol. The predicted octanol–water partition coefficient (Wildman–Crippen LogP) is 0.281. The fourth-order valence-corrected chi connectivity index (χ4v) is 1.66. The molecule has 2 rings (SSSR count). The monoisotopic (exact) mass is 209 g/mol. The van der Waals surface area contributed by atoms with Crippen molar-refractivity contribution in [3.8, 4) is 0 Å². The largest absolute Gasteiger partial charge is 0.393 e. The Bertz CT molecular complexity index is 366. The van der Waals surface area contributed by atoms with Crippen LogP contribution in [0, 0.1) is 0 Å².